The molecule has 1 unspecified atom stereocenters. The molecule has 1 aromatic heterocycles. The van der Waals surface area contributed by atoms with Gasteiger partial charge in [-0.25, -0.2) is 0 Å². The molecule has 3 N–H and O–H groups in total. The van der Waals surface area contributed by atoms with Crippen molar-refractivity contribution < 1.29 is 0 Å². The fraction of sp³-hybridized carbons (Fsp3) is 0.667. The molecule has 1 saturated carbocycles. The molecule has 0 bridgehead atoms. The lowest BCUT2D eigenvalue weighted by molar-refractivity contribution is 0.147. The second-order valence-electron chi connectivity index (χ2n) is 4.95. The first kappa shape index (κ1) is 12.6. The lowest BCUT2D eigenvalue weighted by atomic mass is 9.70. The third-order valence-electron chi connectivity index (χ3n) is 3.77. The molecule has 0 aliphatic heterocycles. The lowest BCUT2D eigenvalue weighted by Crippen LogP contribution is -2.40. The molecule has 16 heavy (non-hydrogen) atoms. The number of hydrazine groups is 1. The molecule has 2 nitrogen and oxygen atoms in total. The summed E-state index contributed by atoms with van der Waals surface area (Å²) in [5.41, 5.74) is 3.34. The minimum absolute atomic E-state index is 0.280. The summed E-state index contributed by atoms with van der Waals surface area (Å²) in [6, 6.07) is 2.39. The van der Waals surface area contributed by atoms with Gasteiger partial charge in [0.2, 0.25) is 0 Å². The largest absolute Gasteiger partial charge is 0.271 e. The number of halogens is 1. The molecule has 4 heteroatoms. The van der Waals surface area contributed by atoms with E-state index in [-0.39, 0.29) is 6.04 Å². The Morgan fingerprint density at radius 3 is 2.62 bits per heavy atom. The van der Waals surface area contributed by atoms with E-state index in [1.54, 1.807) is 11.3 Å². The number of rotatable bonds is 3. The van der Waals surface area contributed by atoms with Gasteiger partial charge in [0.05, 0.1) is 6.04 Å². The first-order valence-electron chi connectivity index (χ1n) is 5.86. The van der Waals surface area contributed by atoms with Gasteiger partial charge < -0.3 is 0 Å². The highest BCUT2D eigenvalue weighted by atomic mass is 79.9. The summed E-state index contributed by atoms with van der Waals surface area (Å²) in [7, 11) is 0. The maximum atomic E-state index is 5.78. The van der Waals surface area contributed by atoms with Crippen molar-refractivity contribution in [2.24, 2.45) is 11.3 Å². The highest BCUT2D eigenvalue weighted by molar-refractivity contribution is 9.10. The molecule has 0 radical (unpaired) electrons. The zero-order valence-electron chi connectivity index (χ0n) is 9.63. The van der Waals surface area contributed by atoms with Crippen LogP contribution < -0.4 is 11.3 Å². The standard InChI is InChI=1S/C12H19BrN2S/c1-12(6-3-2-4-7-12)11(15-14)10-9(13)5-8-16-10/h5,8,11,15H,2-4,6-7,14H2,1H3. The SMILES string of the molecule is CC1(C(NN)c2sccc2Br)CCCCC1. The fourth-order valence-electron chi connectivity index (χ4n) is 2.75. The van der Waals surface area contributed by atoms with E-state index < -0.39 is 0 Å². The third kappa shape index (κ3) is 2.35. The summed E-state index contributed by atoms with van der Waals surface area (Å²) in [5, 5.41) is 2.12. The fourth-order valence-corrected chi connectivity index (χ4v) is 4.59. The van der Waals surface area contributed by atoms with Gasteiger partial charge in [0.25, 0.3) is 0 Å². The summed E-state index contributed by atoms with van der Waals surface area (Å²) < 4.78 is 1.19. The van der Waals surface area contributed by atoms with Crippen molar-refractivity contribution >= 4 is 27.3 Å². The zero-order valence-corrected chi connectivity index (χ0v) is 12.0. The van der Waals surface area contributed by atoms with E-state index in [1.165, 1.54) is 41.5 Å². The Bertz CT molecular complexity index is 345. The van der Waals surface area contributed by atoms with Gasteiger partial charge in [0.15, 0.2) is 0 Å². The molecule has 1 aliphatic carbocycles. The van der Waals surface area contributed by atoms with Crippen LogP contribution in [0.15, 0.2) is 15.9 Å². The van der Waals surface area contributed by atoms with Crippen molar-refractivity contribution in [2.45, 2.75) is 45.1 Å². The summed E-state index contributed by atoms with van der Waals surface area (Å²) in [5.74, 6) is 5.78. The van der Waals surface area contributed by atoms with Crippen LogP contribution in [0.5, 0.6) is 0 Å². The van der Waals surface area contributed by atoms with Gasteiger partial charge in [-0.05, 0) is 45.6 Å². The molecule has 1 aromatic rings. The van der Waals surface area contributed by atoms with E-state index in [4.69, 9.17) is 5.84 Å². The van der Waals surface area contributed by atoms with Gasteiger partial charge in [0.1, 0.15) is 0 Å². The topological polar surface area (TPSA) is 38.0 Å². The quantitative estimate of drug-likeness (QED) is 0.654. The van der Waals surface area contributed by atoms with Crippen molar-refractivity contribution in [2.75, 3.05) is 0 Å². The highest BCUT2D eigenvalue weighted by Gasteiger charge is 2.37. The Morgan fingerprint density at radius 1 is 1.44 bits per heavy atom. The van der Waals surface area contributed by atoms with Crippen molar-refractivity contribution in [3.8, 4) is 0 Å². The van der Waals surface area contributed by atoms with Crippen LogP contribution in [0.3, 0.4) is 0 Å². The van der Waals surface area contributed by atoms with E-state index in [0.29, 0.717) is 5.41 Å². The Hall–Kier alpha value is 0.100. The summed E-state index contributed by atoms with van der Waals surface area (Å²) in [6.45, 7) is 2.36. The first-order valence-corrected chi connectivity index (χ1v) is 7.54. The molecular formula is C12H19BrN2S. The molecule has 1 heterocycles. The molecule has 0 amide bonds. The minimum atomic E-state index is 0.280. The second-order valence-corrected chi connectivity index (χ2v) is 6.75. The zero-order chi connectivity index (χ0) is 11.6. The highest BCUT2D eigenvalue weighted by Crippen LogP contribution is 2.47. The maximum Gasteiger partial charge on any atom is 0.0618 e. The van der Waals surface area contributed by atoms with Crippen molar-refractivity contribution in [1.82, 2.24) is 5.43 Å². The normalized spacial score (nSPS) is 21.9. The lowest BCUT2D eigenvalue weighted by Gasteiger charge is -2.40. The molecule has 0 saturated heterocycles. The van der Waals surface area contributed by atoms with Crippen LogP contribution in [0.4, 0.5) is 0 Å². The van der Waals surface area contributed by atoms with E-state index in [1.807, 2.05) is 0 Å². The summed E-state index contributed by atoms with van der Waals surface area (Å²) in [4.78, 5) is 1.34. The first-order chi connectivity index (χ1) is 7.67. The molecule has 0 aromatic carbocycles. The van der Waals surface area contributed by atoms with Crippen LogP contribution in [-0.2, 0) is 0 Å². The van der Waals surface area contributed by atoms with E-state index in [2.05, 4.69) is 39.7 Å². The van der Waals surface area contributed by atoms with Crippen LogP contribution in [0.1, 0.15) is 49.9 Å². The molecular weight excluding hydrogens is 284 g/mol. The average molecular weight is 303 g/mol. The Kier molecular flexibility index (Phi) is 4.06. The monoisotopic (exact) mass is 302 g/mol. The Morgan fingerprint density at radius 2 is 2.12 bits per heavy atom. The van der Waals surface area contributed by atoms with Gasteiger partial charge in [-0.2, -0.15) is 0 Å². The summed E-state index contributed by atoms with van der Waals surface area (Å²) >= 11 is 5.40. The predicted molar refractivity (Wildman–Crippen MR) is 73.3 cm³/mol. The minimum Gasteiger partial charge on any atom is -0.271 e. The van der Waals surface area contributed by atoms with Crippen LogP contribution in [0.25, 0.3) is 0 Å². The van der Waals surface area contributed by atoms with Gasteiger partial charge in [0, 0.05) is 9.35 Å². The molecule has 1 atom stereocenters. The summed E-state index contributed by atoms with van der Waals surface area (Å²) in [6.07, 6.45) is 6.58. The maximum absolute atomic E-state index is 5.78. The van der Waals surface area contributed by atoms with Crippen LogP contribution in [0, 0.1) is 5.41 Å². The Balaban J connectivity index is 2.24. The third-order valence-corrected chi connectivity index (χ3v) is 5.70. The number of thiophene rings is 1. The van der Waals surface area contributed by atoms with Crippen molar-refractivity contribution in [3.63, 3.8) is 0 Å². The van der Waals surface area contributed by atoms with Crippen molar-refractivity contribution in [3.05, 3.63) is 20.8 Å². The van der Waals surface area contributed by atoms with E-state index in [0.717, 1.165) is 0 Å². The van der Waals surface area contributed by atoms with Crippen molar-refractivity contribution in [1.29, 1.82) is 0 Å². The van der Waals surface area contributed by atoms with Gasteiger partial charge in [-0.15, -0.1) is 11.3 Å². The molecule has 1 fully saturated rings. The number of nitrogens with two attached hydrogens (primary N) is 1. The molecule has 1 aliphatic rings. The van der Waals surface area contributed by atoms with Crippen LogP contribution >= 0.6 is 27.3 Å². The number of hydrogen-bond acceptors (Lipinski definition) is 3. The molecule has 90 valence electrons. The second kappa shape index (κ2) is 5.17. The molecule has 0 spiro atoms. The average Bonchev–Trinajstić information content (AvgIpc) is 2.67. The smallest absolute Gasteiger partial charge is 0.0618 e. The van der Waals surface area contributed by atoms with E-state index in [9.17, 15) is 0 Å². The predicted octanol–water partition coefficient (Wildman–Crippen LogP) is 3.99. The number of nitrogens with one attached hydrogen (secondary N) is 1. The van der Waals surface area contributed by atoms with Crippen LogP contribution in [-0.4, -0.2) is 0 Å². The van der Waals surface area contributed by atoms with Gasteiger partial charge in [-0.3, -0.25) is 11.3 Å². The number of hydrogen-bond donors (Lipinski definition) is 2. The Labute approximate surface area is 110 Å². The van der Waals surface area contributed by atoms with Gasteiger partial charge >= 0.3 is 0 Å². The van der Waals surface area contributed by atoms with Crippen LogP contribution in [0.2, 0.25) is 0 Å². The van der Waals surface area contributed by atoms with E-state index >= 15 is 0 Å². The molecule has 2 rings (SSSR count). The van der Waals surface area contributed by atoms with Gasteiger partial charge in [-0.1, -0.05) is 26.2 Å².